The first-order chi connectivity index (χ1) is 12.6. The summed E-state index contributed by atoms with van der Waals surface area (Å²) in [4.78, 5) is 5.28. The molecule has 0 saturated heterocycles. The number of rotatable bonds is 4. The Labute approximate surface area is 157 Å². The first-order valence-corrected chi connectivity index (χ1v) is 8.86. The van der Waals surface area contributed by atoms with Crippen molar-refractivity contribution in [3.63, 3.8) is 0 Å². The molecule has 0 aliphatic carbocycles. The van der Waals surface area contributed by atoms with Gasteiger partial charge in [-0.15, -0.1) is 5.10 Å². The Morgan fingerprint density at radius 1 is 1.23 bits per heavy atom. The molecule has 0 radical (unpaired) electrons. The van der Waals surface area contributed by atoms with E-state index in [0.29, 0.717) is 21.3 Å². The van der Waals surface area contributed by atoms with Gasteiger partial charge in [0.05, 0.1) is 23.5 Å². The van der Waals surface area contributed by atoms with Gasteiger partial charge in [0.25, 0.3) is 0 Å². The van der Waals surface area contributed by atoms with Crippen LogP contribution in [-0.4, -0.2) is 14.6 Å². The number of halogens is 2. The zero-order chi connectivity index (χ0) is 18.1. The minimum Gasteiger partial charge on any atom is -0.356 e. The van der Waals surface area contributed by atoms with Crippen molar-refractivity contribution in [1.82, 2.24) is 14.6 Å². The molecule has 2 aromatic carbocycles. The van der Waals surface area contributed by atoms with Crippen molar-refractivity contribution in [1.29, 1.82) is 5.26 Å². The first kappa shape index (κ1) is 16.5. The minimum absolute atomic E-state index is 0.238. The monoisotopic (exact) mass is 383 g/mol. The molecule has 2 aromatic heterocycles. The number of nitrogens with zero attached hydrogens (tertiary/aromatic N) is 4. The zero-order valence-electron chi connectivity index (χ0n) is 13.3. The largest absolute Gasteiger partial charge is 0.356 e. The smallest absolute Gasteiger partial charge is 0.214 e. The van der Waals surface area contributed by atoms with Gasteiger partial charge in [-0.3, -0.25) is 0 Å². The van der Waals surface area contributed by atoms with Gasteiger partial charge in [-0.2, -0.15) is 5.26 Å². The summed E-state index contributed by atoms with van der Waals surface area (Å²) < 4.78 is 15.5. The molecule has 0 bridgehead atoms. The summed E-state index contributed by atoms with van der Waals surface area (Å²) in [6.07, 6.45) is 1.83. The lowest BCUT2D eigenvalue weighted by atomic mass is 10.1. The lowest BCUT2D eigenvalue weighted by Gasteiger charge is -2.04. The molecule has 5 nitrogen and oxygen atoms in total. The van der Waals surface area contributed by atoms with Crippen molar-refractivity contribution in [2.75, 3.05) is 5.32 Å². The number of nitriles is 1. The van der Waals surface area contributed by atoms with E-state index >= 15 is 0 Å². The van der Waals surface area contributed by atoms with Gasteiger partial charge in [-0.25, -0.2) is 13.9 Å². The van der Waals surface area contributed by atoms with Gasteiger partial charge in [0.2, 0.25) is 10.1 Å². The Kier molecular flexibility index (Phi) is 4.29. The van der Waals surface area contributed by atoms with E-state index in [1.165, 1.54) is 29.5 Å². The first-order valence-electron chi connectivity index (χ1n) is 7.67. The molecule has 0 amide bonds. The highest BCUT2D eigenvalue weighted by Crippen LogP contribution is 2.26. The third kappa shape index (κ3) is 3.25. The molecule has 0 atom stereocenters. The molecule has 26 heavy (non-hydrogen) atoms. The Hall–Kier alpha value is -2.95. The van der Waals surface area contributed by atoms with Crippen molar-refractivity contribution in [2.24, 2.45) is 0 Å². The molecule has 0 saturated carbocycles. The number of anilines is 1. The molecule has 0 aliphatic rings. The number of fused-ring (bicyclic) bond motifs is 1. The summed E-state index contributed by atoms with van der Waals surface area (Å²) in [6, 6.07) is 13.7. The second kappa shape index (κ2) is 6.75. The van der Waals surface area contributed by atoms with Crippen LogP contribution < -0.4 is 5.32 Å². The van der Waals surface area contributed by atoms with Crippen molar-refractivity contribution >= 4 is 33.0 Å². The number of hydrogen-bond acceptors (Lipinski definition) is 5. The summed E-state index contributed by atoms with van der Waals surface area (Å²) in [7, 11) is 0. The highest BCUT2D eigenvalue weighted by atomic mass is 35.5. The van der Waals surface area contributed by atoms with E-state index in [2.05, 4.69) is 15.4 Å². The predicted molar refractivity (Wildman–Crippen MR) is 99.8 cm³/mol. The molecule has 0 aliphatic heterocycles. The van der Waals surface area contributed by atoms with Crippen molar-refractivity contribution in [3.8, 4) is 17.3 Å². The fourth-order valence-electron chi connectivity index (χ4n) is 2.48. The lowest BCUT2D eigenvalue weighted by molar-refractivity contribution is 0.612. The topological polar surface area (TPSA) is 66.0 Å². The summed E-state index contributed by atoms with van der Waals surface area (Å²) in [5, 5.41) is 17.7. The minimum atomic E-state index is -0.358. The van der Waals surface area contributed by atoms with Crippen LogP contribution in [0.1, 0.15) is 11.1 Å². The van der Waals surface area contributed by atoms with Crippen LogP contribution in [0.3, 0.4) is 0 Å². The second-order valence-corrected chi connectivity index (χ2v) is 6.93. The van der Waals surface area contributed by atoms with Crippen LogP contribution in [0.2, 0.25) is 5.02 Å². The molecule has 0 fully saturated rings. The van der Waals surface area contributed by atoms with Gasteiger partial charge < -0.3 is 5.32 Å². The number of imidazole rings is 1. The maximum Gasteiger partial charge on any atom is 0.214 e. The van der Waals surface area contributed by atoms with Crippen LogP contribution in [-0.2, 0) is 6.54 Å². The average Bonchev–Trinajstić information content (AvgIpc) is 3.20. The Balaban J connectivity index is 1.53. The van der Waals surface area contributed by atoms with Gasteiger partial charge >= 0.3 is 0 Å². The quantitative estimate of drug-likeness (QED) is 0.553. The van der Waals surface area contributed by atoms with Crippen molar-refractivity contribution in [2.45, 2.75) is 6.54 Å². The highest BCUT2D eigenvalue weighted by Gasteiger charge is 2.11. The van der Waals surface area contributed by atoms with E-state index in [1.54, 1.807) is 4.52 Å². The van der Waals surface area contributed by atoms with E-state index in [0.717, 1.165) is 16.2 Å². The molecular weight excluding hydrogens is 373 g/mol. The standard InChI is InChI=1S/C18H11ClFN5S/c19-14-4-2-12(3-5-14)16-10-25-18(23-16)26-17(24-25)22-9-13-7-11(8-21)1-6-15(13)20/h1-7,10H,9H2,(H,22,24). The molecular formula is C18H11ClFN5S. The fraction of sp³-hybridized carbons (Fsp3) is 0.0556. The van der Waals surface area contributed by atoms with Gasteiger partial charge in [-0.1, -0.05) is 35.1 Å². The molecule has 0 spiro atoms. The Bertz CT molecular complexity index is 1100. The zero-order valence-corrected chi connectivity index (χ0v) is 14.9. The van der Waals surface area contributed by atoms with Crippen LogP contribution >= 0.6 is 22.9 Å². The molecule has 4 aromatic rings. The maximum absolute atomic E-state index is 13.8. The van der Waals surface area contributed by atoms with Crippen LogP contribution in [0.4, 0.5) is 9.52 Å². The van der Waals surface area contributed by atoms with Crippen LogP contribution in [0, 0.1) is 17.1 Å². The third-order valence-corrected chi connectivity index (χ3v) is 4.92. The summed E-state index contributed by atoms with van der Waals surface area (Å²) in [5.74, 6) is -0.358. The van der Waals surface area contributed by atoms with Crippen LogP contribution in [0.5, 0.6) is 0 Å². The molecule has 2 heterocycles. The molecule has 1 N–H and O–H groups in total. The van der Waals surface area contributed by atoms with Crippen molar-refractivity contribution in [3.05, 3.63) is 70.6 Å². The van der Waals surface area contributed by atoms with E-state index in [1.807, 2.05) is 36.5 Å². The number of hydrogen-bond donors (Lipinski definition) is 1. The highest BCUT2D eigenvalue weighted by molar-refractivity contribution is 7.20. The van der Waals surface area contributed by atoms with E-state index in [9.17, 15) is 4.39 Å². The van der Waals surface area contributed by atoms with Gasteiger partial charge in [0.1, 0.15) is 5.82 Å². The van der Waals surface area contributed by atoms with Gasteiger partial charge in [-0.05, 0) is 30.3 Å². The number of nitrogens with one attached hydrogen (secondary N) is 1. The molecule has 8 heteroatoms. The maximum atomic E-state index is 13.8. The summed E-state index contributed by atoms with van der Waals surface area (Å²) >= 11 is 7.27. The Morgan fingerprint density at radius 2 is 2.04 bits per heavy atom. The van der Waals surface area contributed by atoms with Crippen LogP contribution in [0.25, 0.3) is 16.2 Å². The fourth-order valence-corrected chi connectivity index (χ4v) is 3.39. The van der Waals surface area contributed by atoms with E-state index in [4.69, 9.17) is 16.9 Å². The number of aromatic nitrogens is 3. The Morgan fingerprint density at radius 3 is 2.77 bits per heavy atom. The second-order valence-electron chi connectivity index (χ2n) is 5.54. The molecule has 4 rings (SSSR count). The van der Waals surface area contributed by atoms with Gasteiger partial charge in [0, 0.05) is 22.7 Å². The van der Waals surface area contributed by atoms with E-state index in [-0.39, 0.29) is 12.4 Å². The SMILES string of the molecule is N#Cc1ccc(F)c(CNc2nn3cc(-c4ccc(Cl)cc4)nc3s2)c1. The predicted octanol–water partition coefficient (Wildman–Crippen LogP) is 4.73. The number of benzene rings is 2. The summed E-state index contributed by atoms with van der Waals surface area (Å²) in [6.45, 7) is 0.238. The molecule has 0 unspecified atom stereocenters. The summed E-state index contributed by atoms with van der Waals surface area (Å²) in [5.41, 5.74) is 2.60. The average molecular weight is 384 g/mol. The van der Waals surface area contributed by atoms with Gasteiger partial charge in [0.15, 0.2) is 0 Å². The lowest BCUT2D eigenvalue weighted by Crippen LogP contribution is -2.02. The third-order valence-electron chi connectivity index (χ3n) is 3.79. The normalized spacial score (nSPS) is 10.8. The molecule has 128 valence electrons. The van der Waals surface area contributed by atoms with E-state index < -0.39 is 0 Å². The van der Waals surface area contributed by atoms with Crippen LogP contribution in [0.15, 0.2) is 48.7 Å². The van der Waals surface area contributed by atoms with Crippen molar-refractivity contribution < 1.29 is 4.39 Å².